The van der Waals surface area contributed by atoms with Gasteiger partial charge in [-0.2, -0.15) is 11.8 Å². The van der Waals surface area contributed by atoms with Crippen molar-refractivity contribution in [3.8, 4) is 0 Å². The summed E-state index contributed by atoms with van der Waals surface area (Å²) in [6.45, 7) is 5.32. The maximum absolute atomic E-state index is 11.8. The van der Waals surface area contributed by atoms with E-state index in [9.17, 15) is 4.79 Å². The lowest BCUT2D eigenvalue weighted by Gasteiger charge is -2.24. The van der Waals surface area contributed by atoms with E-state index in [1.54, 1.807) is 0 Å². The second-order valence-corrected chi connectivity index (χ2v) is 8.41. The highest BCUT2D eigenvalue weighted by Gasteiger charge is 2.29. The minimum absolute atomic E-state index is 0.215. The fourth-order valence-electron chi connectivity index (χ4n) is 2.47. The molecule has 3 nitrogen and oxygen atoms in total. The van der Waals surface area contributed by atoms with Gasteiger partial charge in [-0.15, -0.1) is 11.8 Å². The van der Waals surface area contributed by atoms with E-state index in [1.807, 2.05) is 23.5 Å². The quantitative estimate of drug-likeness (QED) is 0.810. The zero-order chi connectivity index (χ0) is 12.8. The number of hydrogen-bond donors (Lipinski definition) is 2. The van der Waals surface area contributed by atoms with Gasteiger partial charge in [0.15, 0.2) is 0 Å². The maximum atomic E-state index is 11.8. The van der Waals surface area contributed by atoms with Crippen LogP contribution in [-0.4, -0.2) is 47.0 Å². The molecule has 0 radical (unpaired) electrons. The molecule has 0 aromatic heterocycles. The van der Waals surface area contributed by atoms with Gasteiger partial charge in [0, 0.05) is 16.5 Å². The van der Waals surface area contributed by atoms with Crippen molar-refractivity contribution in [2.75, 3.05) is 31.1 Å². The Morgan fingerprint density at radius 3 is 2.94 bits per heavy atom. The van der Waals surface area contributed by atoms with Gasteiger partial charge in [-0.25, -0.2) is 0 Å². The second kappa shape index (κ2) is 7.06. The summed E-state index contributed by atoms with van der Waals surface area (Å²) in [6.07, 6.45) is 4.93. The highest BCUT2D eigenvalue weighted by molar-refractivity contribution is 8.01. The standard InChI is InChI=1S/C13H24N2OS2/c1-13(5-2-8-18-13)10-15-12(16)9-17-11-3-6-14-7-4-11/h11,14H,2-10H2,1H3,(H,15,16). The van der Waals surface area contributed by atoms with Crippen LogP contribution in [-0.2, 0) is 4.79 Å². The SMILES string of the molecule is CC1(CNC(=O)CSC2CCNCC2)CCCS1. The van der Waals surface area contributed by atoms with Crippen LogP contribution in [0.25, 0.3) is 0 Å². The average Bonchev–Trinajstić information content (AvgIpc) is 2.83. The van der Waals surface area contributed by atoms with Gasteiger partial charge in [-0.3, -0.25) is 4.79 Å². The lowest BCUT2D eigenvalue weighted by molar-refractivity contribution is -0.118. The molecule has 0 spiro atoms. The van der Waals surface area contributed by atoms with Crippen molar-refractivity contribution in [3.63, 3.8) is 0 Å². The summed E-state index contributed by atoms with van der Waals surface area (Å²) < 4.78 is 0.287. The molecule has 104 valence electrons. The number of nitrogens with one attached hydrogen (secondary N) is 2. The molecule has 0 bridgehead atoms. The van der Waals surface area contributed by atoms with E-state index in [1.165, 1.54) is 31.4 Å². The molecule has 2 heterocycles. The van der Waals surface area contributed by atoms with Crippen molar-refractivity contribution in [2.45, 2.75) is 42.6 Å². The lowest BCUT2D eigenvalue weighted by atomic mass is 10.1. The number of rotatable bonds is 5. The molecule has 2 aliphatic heterocycles. The predicted molar refractivity (Wildman–Crippen MR) is 81.5 cm³/mol. The number of amides is 1. The van der Waals surface area contributed by atoms with Crippen LogP contribution in [0.15, 0.2) is 0 Å². The Hall–Kier alpha value is 0.130. The van der Waals surface area contributed by atoms with Gasteiger partial charge >= 0.3 is 0 Å². The Balaban J connectivity index is 1.59. The van der Waals surface area contributed by atoms with Crippen molar-refractivity contribution in [3.05, 3.63) is 0 Å². The highest BCUT2D eigenvalue weighted by atomic mass is 32.2. The summed E-state index contributed by atoms with van der Waals surface area (Å²) >= 11 is 3.83. The molecule has 2 aliphatic rings. The molecule has 0 aromatic rings. The lowest BCUT2D eigenvalue weighted by Crippen LogP contribution is -2.38. The molecule has 5 heteroatoms. The minimum atomic E-state index is 0.215. The Bertz CT molecular complexity index is 274. The number of carbonyl (C=O) groups is 1. The molecule has 2 rings (SSSR count). The van der Waals surface area contributed by atoms with E-state index in [0.29, 0.717) is 11.0 Å². The van der Waals surface area contributed by atoms with Crippen LogP contribution in [0.2, 0.25) is 0 Å². The monoisotopic (exact) mass is 288 g/mol. The number of thioether (sulfide) groups is 2. The smallest absolute Gasteiger partial charge is 0.230 e. The first-order chi connectivity index (χ1) is 8.68. The summed E-state index contributed by atoms with van der Waals surface area (Å²) in [4.78, 5) is 11.8. The number of hydrogen-bond acceptors (Lipinski definition) is 4. The average molecular weight is 288 g/mol. The van der Waals surface area contributed by atoms with Crippen molar-refractivity contribution in [2.24, 2.45) is 0 Å². The van der Waals surface area contributed by atoms with Crippen LogP contribution >= 0.6 is 23.5 Å². The highest BCUT2D eigenvalue weighted by Crippen LogP contribution is 2.36. The first-order valence-electron chi connectivity index (χ1n) is 6.91. The summed E-state index contributed by atoms with van der Waals surface area (Å²) in [5, 5.41) is 7.14. The van der Waals surface area contributed by atoms with Crippen LogP contribution < -0.4 is 10.6 Å². The van der Waals surface area contributed by atoms with E-state index < -0.39 is 0 Å². The molecule has 2 saturated heterocycles. The largest absolute Gasteiger partial charge is 0.354 e. The van der Waals surface area contributed by atoms with E-state index in [4.69, 9.17) is 0 Å². The summed E-state index contributed by atoms with van der Waals surface area (Å²) in [6, 6.07) is 0. The van der Waals surface area contributed by atoms with Gasteiger partial charge in [0.2, 0.25) is 5.91 Å². The summed E-state index contributed by atoms with van der Waals surface area (Å²) in [5.41, 5.74) is 0. The van der Waals surface area contributed by atoms with Crippen LogP contribution in [0, 0.1) is 0 Å². The molecule has 1 amide bonds. The van der Waals surface area contributed by atoms with E-state index in [0.717, 1.165) is 19.6 Å². The zero-order valence-electron chi connectivity index (χ0n) is 11.2. The fourth-order valence-corrected chi connectivity index (χ4v) is 4.77. The maximum Gasteiger partial charge on any atom is 0.230 e. The molecular formula is C13H24N2OS2. The van der Waals surface area contributed by atoms with Crippen molar-refractivity contribution in [1.29, 1.82) is 0 Å². The van der Waals surface area contributed by atoms with E-state index in [-0.39, 0.29) is 10.7 Å². The first-order valence-corrected chi connectivity index (χ1v) is 8.94. The van der Waals surface area contributed by atoms with Gasteiger partial charge in [0.25, 0.3) is 0 Å². The van der Waals surface area contributed by atoms with Crippen molar-refractivity contribution in [1.82, 2.24) is 10.6 Å². The molecule has 18 heavy (non-hydrogen) atoms. The topological polar surface area (TPSA) is 41.1 Å². The van der Waals surface area contributed by atoms with Crippen LogP contribution in [0.1, 0.15) is 32.6 Å². The predicted octanol–water partition coefficient (Wildman–Crippen LogP) is 1.87. The van der Waals surface area contributed by atoms with Crippen LogP contribution in [0.3, 0.4) is 0 Å². The number of carbonyl (C=O) groups excluding carboxylic acids is 1. The Kier molecular flexibility index (Phi) is 5.70. The zero-order valence-corrected chi connectivity index (χ0v) is 12.8. The van der Waals surface area contributed by atoms with Crippen LogP contribution in [0.4, 0.5) is 0 Å². The van der Waals surface area contributed by atoms with E-state index in [2.05, 4.69) is 17.6 Å². The molecule has 0 saturated carbocycles. The van der Waals surface area contributed by atoms with Gasteiger partial charge < -0.3 is 10.6 Å². The minimum Gasteiger partial charge on any atom is -0.354 e. The Labute approximate surface area is 119 Å². The summed E-state index contributed by atoms with van der Waals surface area (Å²) in [5.74, 6) is 2.09. The van der Waals surface area contributed by atoms with Gasteiger partial charge in [0.1, 0.15) is 0 Å². The van der Waals surface area contributed by atoms with Crippen LogP contribution in [0.5, 0.6) is 0 Å². The Morgan fingerprint density at radius 1 is 1.50 bits per heavy atom. The molecule has 1 atom stereocenters. The van der Waals surface area contributed by atoms with E-state index >= 15 is 0 Å². The summed E-state index contributed by atoms with van der Waals surface area (Å²) in [7, 11) is 0. The molecule has 2 N–H and O–H groups in total. The molecule has 0 aromatic carbocycles. The van der Waals surface area contributed by atoms with Gasteiger partial charge in [-0.05, 0) is 51.4 Å². The van der Waals surface area contributed by atoms with Gasteiger partial charge in [-0.1, -0.05) is 0 Å². The molecular weight excluding hydrogens is 264 g/mol. The van der Waals surface area contributed by atoms with Crippen molar-refractivity contribution >= 4 is 29.4 Å². The molecule has 2 fully saturated rings. The third-order valence-electron chi connectivity index (χ3n) is 3.70. The third kappa shape index (κ3) is 4.67. The van der Waals surface area contributed by atoms with Crippen molar-refractivity contribution < 1.29 is 4.79 Å². The number of piperidine rings is 1. The molecule has 0 aliphatic carbocycles. The molecule has 1 unspecified atom stereocenters. The third-order valence-corrected chi connectivity index (χ3v) is 6.61. The normalized spacial score (nSPS) is 29.4. The Morgan fingerprint density at radius 2 is 2.28 bits per heavy atom. The fraction of sp³-hybridized carbons (Fsp3) is 0.923. The van der Waals surface area contributed by atoms with Gasteiger partial charge in [0.05, 0.1) is 5.75 Å². The second-order valence-electron chi connectivity index (χ2n) is 5.44. The first kappa shape index (κ1) is 14.5.